The van der Waals surface area contributed by atoms with Crippen LogP contribution >= 0.6 is 23.4 Å². The Bertz CT molecular complexity index is 936. The summed E-state index contributed by atoms with van der Waals surface area (Å²) in [6, 6.07) is 6.44. The number of carbonyl (C=O) groups excluding carboxylic acids is 1. The van der Waals surface area contributed by atoms with Crippen molar-refractivity contribution in [1.82, 2.24) is 4.57 Å². The molecule has 126 valence electrons. The van der Waals surface area contributed by atoms with Crippen molar-refractivity contribution in [3.63, 3.8) is 0 Å². The first-order valence-corrected chi connectivity index (χ1v) is 10.6. The summed E-state index contributed by atoms with van der Waals surface area (Å²) in [6.07, 6.45) is 1.01. The Morgan fingerprint density at radius 1 is 1.33 bits per heavy atom. The van der Waals surface area contributed by atoms with Crippen LogP contribution < -0.4 is 0 Å². The van der Waals surface area contributed by atoms with Crippen LogP contribution in [0.5, 0.6) is 0 Å². The molecule has 0 saturated carbocycles. The molecule has 0 spiro atoms. The maximum Gasteiger partial charge on any atom is 0.340 e. The van der Waals surface area contributed by atoms with Crippen LogP contribution in [0.4, 0.5) is 0 Å². The molecule has 0 aliphatic carbocycles. The van der Waals surface area contributed by atoms with Crippen LogP contribution in [0, 0.1) is 0 Å². The van der Waals surface area contributed by atoms with Crippen LogP contribution in [0.25, 0.3) is 0 Å². The van der Waals surface area contributed by atoms with Crippen molar-refractivity contribution in [1.29, 1.82) is 0 Å². The van der Waals surface area contributed by atoms with Crippen molar-refractivity contribution in [3.8, 4) is 0 Å². The first-order valence-electron chi connectivity index (χ1n) is 7.45. The molecular formula is C16H14ClNO4S2. The zero-order valence-corrected chi connectivity index (χ0v) is 15.0. The van der Waals surface area contributed by atoms with Crippen LogP contribution in [0.1, 0.15) is 27.7 Å². The van der Waals surface area contributed by atoms with Crippen molar-refractivity contribution >= 4 is 39.2 Å². The molecule has 0 bridgehead atoms. The molecule has 0 fully saturated rings. The lowest BCUT2D eigenvalue weighted by molar-refractivity contribution is 0.0347. The number of thioether (sulfide) groups is 1. The summed E-state index contributed by atoms with van der Waals surface area (Å²) in [4.78, 5) is 12.7. The van der Waals surface area contributed by atoms with E-state index in [2.05, 4.69) is 0 Å². The lowest BCUT2D eigenvalue weighted by Gasteiger charge is -2.17. The van der Waals surface area contributed by atoms with Gasteiger partial charge in [0.1, 0.15) is 6.10 Å². The number of rotatable bonds is 2. The minimum Gasteiger partial charge on any atom is -0.453 e. The van der Waals surface area contributed by atoms with Crippen molar-refractivity contribution in [3.05, 3.63) is 52.3 Å². The van der Waals surface area contributed by atoms with Crippen molar-refractivity contribution in [2.45, 2.75) is 23.3 Å². The molecule has 1 unspecified atom stereocenters. The fourth-order valence-corrected chi connectivity index (χ4v) is 6.16. The highest BCUT2D eigenvalue weighted by Crippen LogP contribution is 2.40. The van der Waals surface area contributed by atoms with Gasteiger partial charge in [0.05, 0.1) is 16.2 Å². The minimum absolute atomic E-state index is 0.155. The van der Waals surface area contributed by atoms with E-state index in [0.29, 0.717) is 16.1 Å². The number of aromatic nitrogens is 1. The SMILES string of the molecule is O=C(OC1CS(=O)(=O)c2cccc(Cl)c21)c1ccn2c1CSCC2. The first kappa shape index (κ1) is 16.1. The molecule has 1 aromatic carbocycles. The van der Waals surface area contributed by atoms with Gasteiger partial charge >= 0.3 is 5.97 Å². The molecule has 0 amide bonds. The maximum atomic E-state index is 12.6. The van der Waals surface area contributed by atoms with Crippen LogP contribution in [-0.4, -0.2) is 30.5 Å². The number of ether oxygens (including phenoxy) is 1. The Kier molecular flexibility index (Phi) is 3.89. The number of halogens is 1. The Morgan fingerprint density at radius 3 is 3.00 bits per heavy atom. The number of carbonyl (C=O) groups is 1. The van der Waals surface area contributed by atoms with Gasteiger partial charge in [0.25, 0.3) is 0 Å². The van der Waals surface area contributed by atoms with Gasteiger partial charge in [-0.1, -0.05) is 17.7 Å². The first-order chi connectivity index (χ1) is 11.5. The van der Waals surface area contributed by atoms with Gasteiger partial charge in [0, 0.05) is 40.5 Å². The Hall–Kier alpha value is -1.44. The third-order valence-electron chi connectivity index (χ3n) is 4.30. The largest absolute Gasteiger partial charge is 0.453 e. The molecule has 24 heavy (non-hydrogen) atoms. The Balaban J connectivity index is 1.66. The second kappa shape index (κ2) is 5.82. The second-order valence-corrected chi connectivity index (χ2v) is 9.26. The summed E-state index contributed by atoms with van der Waals surface area (Å²) in [5.74, 6) is 1.000. The van der Waals surface area contributed by atoms with Gasteiger partial charge in [-0.2, -0.15) is 11.8 Å². The van der Waals surface area contributed by atoms with Gasteiger partial charge in [-0.15, -0.1) is 0 Å². The highest BCUT2D eigenvalue weighted by molar-refractivity contribution is 7.98. The predicted molar refractivity (Wildman–Crippen MR) is 92.3 cm³/mol. The molecular weight excluding hydrogens is 370 g/mol. The number of benzene rings is 1. The fraction of sp³-hybridized carbons (Fsp3) is 0.312. The normalized spacial score (nSPS) is 21.1. The predicted octanol–water partition coefficient (Wildman–Crippen LogP) is 3.07. The van der Waals surface area contributed by atoms with Gasteiger partial charge in [-0.05, 0) is 18.2 Å². The quantitative estimate of drug-likeness (QED) is 0.745. The van der Waals surface area contributed by atoms with Gasteiger partial charge in [0.2, 0.25) is 0 Å². The molecule has 5 nitrogen and oxygen atoms in total. The average molecular weight is 384 g/mol. The molecule has 4 rings (SSSR count). The van der Waals surface area contributed by atoms with Gasteiger partial charge in [-0.3, -0.25) is 0 Å². The highest BCUT2D eigenvalue weighted by Gasteiger charge is 2.39. The van der Waals surface area contributed by atoms with Crippen LogP contribution in [0.3, 0.4) is 0 Å². The van der Waals surface area contributed by atoms with E-state index in [1.807, 2.05) is 10.8 Å². The van der Waals surface area contributed by atoms with Crippen LogP contribution in [0.15, 0.2) is 35.4 Å². The maximum absolute atomic E-state index is 12.6. The summed E-state index contributed by atoms with van der Waals surface area (Å²) in [6.45, 7) is 0.861. The van der Waals surface area contributed by atoms with E-state index in [9.17, 15) is 13.2 Å². The third kappa shape index (κ3) is 2.55. The summed E-state index contributed by atoms with van der Waals surface area (Å²) >= 11 is 7.91. The number of hydrogen-bond donors (Lipinski definition) is 0. The van der Waals surface area contributed by atoms with Crippen molar-refractivity contribution in [2.24, 2.45) is 0 Å². The zero-order chi connectivity index (χ0) is 16.9. The number of hydrogen-bond acceptors (Lipinski definition) is 5. The third-order valence-corrected chi connectivity index (χ3v) is 7.35. The lowest BCUT2D eigenvalue weighted by Crippen LogP contribution is -2.17. The number of fused-ring (bicyclic) bond motifs is 2. The van der Waals surface area contributed by atoms with Crippen LogP contribution in [-0.2, 0) is 26.9 Å². The van der Waals surface area contributed by atoms with E-state index in [1.54, 1.807) is 30.0 Å². The molecule has 2 aliphatic heterocycles. The second-order valence-electron chi connectivity index (χ2n) is 5.75. The molecule has 1 atom stereocenters. The molecule has 0 saturated heterocycles. The van der Waals surface area contributed by atoms with Gasteiger partial charge in [-0.25, -0.2) is 13.2 Å². The van der Waals surface area contributed by atoms with E-state index in [-0.39, 0.29) is 10.6 Å². The number of sulfone groups is 1. The monoisotopic (exact) mass is 383 g/mol. The Labute approximate surface area is 148 Å². The zero-order valence-electron chi connectivity index (χ0n) is 12.6. The lowest BCUT2D eigenvalue weighted by atomic mass is 10.1. The topological polar surface area (TPSA) is 65.4 Å². The Morgan fingerprint density at radius 2 is 2.17 bits per heavy atom. The molecule has 2 aliphatic rings. The summed E-state index contributed by atoms with van der Waals surface area (Å²) in [7, 11) is -3.48. The molecule has 3 heterocycles. The number of aryl methyl sites for hydroxylation is 1. The van der Waals surface area contributed by atoms with Gasteiger partial charge in [0.15, 0.2) is 9.84 Å². The molecule has 8 heteroatoms. The van der Waals surface area contributed by atoms with E-state index >= 15 is 0 Å². The molecule has 0 N–H and O–H groups in total. The molecule has 1 aromatic heterocycles. The van der Waals surface area contributed by atoms with Gasteiger partial charge < -0.3 is 9.30 Å². The number of nitrogens with zero attached hydrogens (tertiary/aromatic N) is 1. The van der Waals surface area contributed by atoms with E-state index in [0.717, 1.165) is 23.7 Å². The average Bonchev–Trinajstić information content (AvgIpc) is 3.07. The molecule has 2 aromatic rings. The van der Waals surface area contributed by atoms with Crippen LogP contribution in [0.2, 0.25) is 5.02 Å². The van der Waals surface area contributed by atoms with E-state index in [4.69, 9.17) is 16.3 Å². The summed E-state index contributed by atoms with van der Waals surface area (Å²) in [5, 5.41) is 0.306. The van der Waals surface area contributed by atoms with Crippen molar-refractivity contribution in [2.75, 3.05) is 11.5 Å². The molecule has 0 radical (unpaired) electrons. The summed E-state index contributed by atoms with van der Waals surface area (Å²) < 4.78 is 32.1. The standard InChI is InChI=1S/C16H14ClNO4S2/c17-11-2-1-3-14-15(11)13(9-24(14,20)21)22-16(19)10-4-5-18-6-7-23-8-12(10)18/h1-5,13H,6-9H2. The minimum atomic E-state index is -3.48. The van der Waals surface area contributed by atoms with Crippen molar-refractivity contribution < 1.29 is 17.9 Å². The fourth-order valence-electron chi connectivity index (χ4n) is 3.15. The smallest absolute Gasteiger partial charge is 0.340 e. The highest BCUT2D eigenvalue weighted by atomic mass is 35.5. The van der Waals surface area contributed by atoms with E-state index < -0.39 is 21.9 Å². The summed E-state index contributed by atoms with van der Waals surface area (Å²) in [5.41, 5.74) is 1.81. The van der Waals surface area contributed by atoms with E-state index in [1.165, 1.54) is 6.07 Å². The number of esters is 1.